The number of hydrogen-bond donors (Lipinski definition) is 2. The predicted molar refractivity (Wildman–Crippen MR) is 119 cm³/mol. The SMILES string of the molecule is O=C(COC1CC(OC(F)(F)F)C1)NC1CCC(CC(=O)[C@H]2C[C@@H](O)c3cc(Cl)ccc3O2)CC1. The number of rotatable bonds is 8. The van der Waals surface area contributed by atoms with E-state index in [2.05, 4.69) is 10.1 Å². The molecular weight excluding hydrogens is 491 g/mol. The minimum atomic E-state index is -4.65. The molecule has 0 radical (unpaired) electrons. The molecule has 7 nitrogen and oxygen atoms in total. The lowest BCUT2D eigenvalue weighted by atomic mass is 9.82. The van der Waals surface area contributed by atoms with E-state index in [-0.39, 0.29) is 49.5 Å². The van der Waals surface area contributed by atoms with Crippen LogP contribution >= 0.6 is 11.6 Å². The van der Waals surface area contributed by atoms with Crippen LogP contribution in [0.25, 0.3) is 0 Å². The smallest absolute Gasteiger partial charge is 0.482 e. The fourth-order valence-corrected chi connectivity index (χ4v) is 5.12. The number of carbonyl (C=O) groups is 2. The molecule has 2 atom stereocenters. The molecule has 0 aromatic heterocycles. The Bertz CT molecular complexity index is 915. The van der Waals surface area contributed by atoms with Crippen LogP contribution < -0.4 is 10.1 Å². The highest BCUT2D eigenvalue weighted by Gasteiger charge is 2.41. The Hall–Kier alpha value is -1.88. The van der Waals surface area contributed by atoms with E-state index in [1.165, 1.54) is 0 Å². The summed E-state index contributed by atoms with van der Waals surface area (Å²) in [4.78, 5) is 24.9. The van der Waals surface area contributed by atoms with Crippen LogP contribution in [-0.4, -0.2) is 54.1 Å². The van der Waals surface area contributed by atoms with E-state index in [4.69, 9.17) is 21.1 Å². The molecule has 194 valence electrons. The lowest BCUT2D eigenvalue weighted by Gasteiger charge is -2.35. The van der Waals surface area contributed by atoms with Crippen molar-refractivity contribution in [3.8, 4) is 5.75 Å². The third kappa shape index (κ3) is 7.31. The molecule has 0 saturated heterocycles. The van der Waals surface area contributed by atoms with Gasteiger partial charge in [0.15, 0.2) is 11.9 Å². The number of carbonyl (C=O) groups excluding carboxylic acids is 2. The molecule has 2 fully saturated rings. The number of nitrogens with one attached hydrogen (secondary N) is 1. The number of hydrogen-bond acceptors (Lipinski definition) is 6. The third-order valence-electron chi connectivity index (χ3n) is 6.90. The molecule has 0 spiro atoms. The van der Waals surface area contributed by atoms with E-state index in [9.17, 15) is 27.9 Å². The summed E-state index contributed by atoms with van der Waals surface area (Å²) in [6.07, 6.45) is -3.67. The number of benzene rings is 1. The van der Waals surface area contributed by atoms with Crippen LogP contribution in [0.15, 0.2) is 18.2 Å². The maximum absolute atomic E-state index is 12.8. The molecule has 11 heteroatoms. The number of Topliss-reactive ketones (excluding diaryl/α,β-unsaturated/α-hetero) is 1. The molecular formula is C24H29ClF3NO6. The number of amides is 1. The predicted octanol–water partition coefficient (Wildman–Crippen LogP) is 4.24. The highest BCUT2D eigenvalue weighted by atomic mass is 35.5. The van der Waals surface area contributed by atoms with Crippen molar-refractivity contribution in [2.24, 2.45) is 5.92 Å². The van der Waals surface area contributed by atoms with E-state index in [1.807, 2.05) is 0 Å². The van der Waals surface area contributed by atoms with Gasteiger partial charge in [-0.25, -0.2) is 0 Å². The number of alkyl halides is 3. The van der Waals surface area contributed by atoms with Crippen LogP contribution in [0.2, 0.25) is 5.02 Å². The van der Waals surface area contributed by atoms with Crippen molar-refractivity contribution in [2.75, 3.05) is 6.61 Å². The Morgan fingerprint density at radius 1 is 1.11 bits per heavy atom. The molecule has 1 aliphatic heterocycles. The molecule has 2 saturated carbocycles. The Balaban J connectivity index is 1.12. The van der Waals surface area contributed by atoms with Gasteiger partial charge >= 0.3 is 6.36 Å². The van der Waals surface area contributed by atoms with Gasteiger partial charge in [-0.3, -0.25) is 14.3 Å². The van der Waals surface area contributed by atoms with Crippen molar-refractivity contribution >= 4 is 23.3 Å². The van der Waals surface area contributed by atoms with Gasteiger partial charge in [-0.2, -0.15) is 0 Å². The summed E-state index contributed by atoms with van der Waals surface area (Å²) in [5.41, 5.74) is 0.591. The monoisotopic (exact) mass is 519 g/mol. The normalized spacial score (nSPS) is 30.5. The molecule has 4 rings (SSSR count). The zero-order valence-corrected chi connectivity index (χ0v) is 19.8. The van der Waals surface area contributed by atoms with Crippen LogP contribution in [-0.2, 0) is 19.1 Å². The van der Waals surface area contributed by atoms with Gasteiger partial charge in [0.2, 0.25) is 5.91 Å². The van der Waals surface area contributed by atoms with Crippen LogP contribution in [0, 0.1) is 5.92 Å². The average molecular weight is 520 g/mol. The first-order valence-electron chi connectivity index (χ1n) is 11.9. The number of aliphatic hydroxyl groups is 1. The van der Waals surface area contributed by atoms with E-state index < -0.39 is 30.8 Å². The summed E-state index contributed by atoms with van der Waals surface area (Å²) < 4.78 is 51.5. The highest BCUT2D eigenvalue weighted by Crippen LogP contribution is 2.38. The van der Waals surface area contributed by atoms with Crippen molar-refractivity contribution in [2.45, 2.75) is 88.2 Å². The van der Waals surface area contributed by atoms with Gasteiger partial charge in [0.1, 0.15) is 12.4 Å². The molecule has 0 bridgehead atoms. The molecule has 1 aromatic carbocycles. The van der Waals surface area contributed by atoms with Gasteiger partial charge in [0.05, 0.1) is 18.3 Å². The maximum atomic E-state index is 12.8. The Kier molecular flexibility index (Phi) is 8.25. The van der Waals surface area contributed by atoms with Crippen molar-refractivity contribution in [3.63, 3.8) is 0 Å². The fraction of sp³-hybridized carbons (Fsp3) is 0.667. The average Bonchev–Trinajstić information content (AvgIpc) is 2.76. The van der Waals surface area contributed by atoms with Gasteiger partial charge in [-0.05, 0) is 49.8 Å². The summed E-state index contributed by atoms with van der Waals surface area (Å²) in [5.74, 6) is 0.317. The molecule has 0 unspecified atom stereocenters. The number of ketones is 1. The first kappa shape index (κ1) is 26.2. The second-order valence-corrected chi connectivity index (χ2v) is 10.0. The van der Waals surface area contributed by atoms with Crippen molar-refractivity contribution in [1.29, 1.82) is 0 Å². The van der Waals surface area contributed by atoms with Gasteiger partial charge in [0.25, 0.3) is 0 Å². The molecule has 1 aromatic rings. The first-order chi connectivity index (χ1) is 16.6. The number of ether oxygens (including phenoxy) is 3. The molecule has 3 aliphatic rings. The van der Waals surface area contributed by atoms with Crippen molar-refractivity contribution in [3.05, 3.63) is 28.8 Å². The Morgan fingerprint density at radius 2 is 1.83 bits per heavy atom. The maximum Gasteiger partial charge on any atom is 0.522 e. The van der Waals surface area contributed by atoms with Gasteiger partial charge in [-0.15, -0.1) is 13.2 Å². The first-order valence-corrected chi connectivity index (χ1v) is 12.3. The number of aliphatic hydroxyl groups excluding tert-OH is 1. The number of halogens is 4. The van der Waals surface area contributed by atoms with Gasteiger partial charge in [0, 0.05) is 42.3 Å². The standard InChI is InChI=1S/C24H29ClF3NO6/c25-14-3-6-21-18(8-14)19(30)11-22(34-21)20(31)7-13-1-4-15(5-2-13)29-23(32)12-33-16-9-17(10-16)35-24(26,27)28/h3,6,8,13,15-17,19,22,30H,1-2,4-5,7,9-12H2,(H,29,32)/t13?,15?,16?,17?,19-,22-/m1/s1. The van der Waals surface area contributed by atoms with Crippen LogP contribution in [0.3, 0.4) is 0 Å². The van der Waals surface area contributed by atoms with E-state index in [1.54, 1.807) is 18.2 Å². The minimum Gasteiger partial charge on any atom is -0.482 e. The Morgan fingerprint density at radius 3 is 2.51 bits per heavy atom. The number of fused-ring (bicyclic) bond motifs is 1. The topological polar surface area (TPSA) is 94.1 Å². The van der Waals surface area contributed by atoms with Crippen molar-refractivity contribution in [1.82, 2.24) is 5.32 Å². The molecule has 35 heavy (non-hydrogen) atoms. The highest BCUT2D eigenvalue weighted by molar-refractivity contribution is 6.30. The fourth-order valence-electron chi connectivity index (χ4n) is 4.94. The summed E-state index contributed by atoms with van der Waals surface area (Å²) in [5, 5.41) is 13.8. The van der Waals surface area contributed by atoms with Gasteiger partial charge < -0.3 is 19.9 Å². The van der Waals surface area contributed by atoms with E-state index in [0.29, 0.717) is 22.8 Å². The Labute approximate surface area is 206 Å². The van der Waals surface area contributed by atoms with Crippen molar-refractivity contribution < 1.29 is 42.1 Å². The summed E-state index contributed by atoms with van der Waals surface area (Å²) in [6, 6.07) is 4.95. The molecule has 2 aliphatic carbocycles. The zero-order chi connectivity index (χ0) is 25.2. The quantitative estimate of drug-likeness (QED) is 0.533. The summed E-state index contributed by atoms with van der Waals surface area (Å²) >= 11 is 5.97. The molecule has 1 amide bonds. The van der Waals surface area contributed by atoms with Crippen LogP contribution in [0.1, 0.15) is 63.0 Å². The second kappa shape index (κ2) is 11.0. The molecule has 1 heterocycles. The van der Waals surface area contributed by atoms with E-state index in [0.717, 1.165) is 25.7 Å². The van der Waals surface area contributed by atoms with Gasteiger partial charge in [-0.1, -0.05) is 11.6 Å². The third-order valence-corrected chi connectivity index (χ3v) is 7.14. The van der Waals surface area contributed by atoms with Crippen LogP contribution in [0.4, 0.5) is 13.2 Å². The molecule has 2 N–H and O–H groups in total. The summed E-state index contributed by atoms with van der Waals surface area (Å²) in [6.45, 7) is -0.199. The summed E-state index contributed by atoms with van der Waals surface area (Å²) in [7, 11) is 0. The minimum absolute atomic E-state index is 0.0236. The van der Waals surface area contributed by atoms with E-state index >= 15 is 0 Å². The lowest BCUT2D eigenvalue weighted by Crippen LogP contribution is -2.44. The second-order valence-electron chi connectivity index (χ2n) is 9.59. The lowest BCUT2D eigenvalue weighted by molar-refractivity contribution is -0.357. The largest absolute Gasteiger partial charge is 0.522 e. The van der Waals surface area contributed by atoms with Crippen LogP contribution in [0.5, 0.6) is 5.75 Å². The zero-order valence-electron chi connectivity index (χ0n) is 19.1.